The van der Waals surface area contributed by atoms with E-state index in [1.807, 2.05) is 19.9 Å². The van der Waals surface area contributed by atoms with E-state index in [0.717, 1.165) is 18.4 Å². The van der Waals surface area contributed by atoms with Crippen LogP contribution in [0.2, 0.25) is 0 Å². The molecular weight excluding hydrogens is 348 g/mol. The van der Waals surface area contributed by atoms with Crippen LogP contribution in [0.4, 0.5) is 0 Å². The molecule has 2 aliphatic heterocycles. The Bertz CT molecular complexity index is 1020. The van der Waals surface area contributed by atoms with Gasteiger partial charge < -0.3 is 24.1 Å². The van der Waals surface area contributed by atoms with Crippen molar-refractivity contribution < 1.29 is 24.1 Å². The van der Waals surface area contributed by atoms with Gasteiger partial charge in [0.15, 0.2) is 12.2 Å². The van der Waals surface area contributed by atoms with Crippen LogP contribution in [0, 0.1) is 0 Å². The van der Waals surface area contributed by atoms with Gasteiger partial charge >= 0.3 is 0 Å². The maximum atomic E-state index is 11.0. The Morgan fingerprint density at radius 3 is 2.33 bits per heavy atom. The molecule has 1 aromatic carbocycles. The van der Waals surface area contributed by atoms with Gasteiger partial charge in [0.2, 0.25) is 11.8 Å². The number of benzene rings is 1. The number of rotatable bonds is 3. The standard InChI is InChI=1S/C20H20N2O5/c1-19-6-7-20(2,27-19)16-15(19)17(23)22(18(16)24)11-4-5-12(13(8-11)25-3)14-9-21-10-26-14/h4-5,8-10,23-24H,6-7H2,1-3H3. The van der Waals surface area contributed by atoms with Crippen molar-refractivity contribution in [1.29, 1.82) is 0 Å². The molecule has 2 N–H and O–H groups in total. The number of aromatic nitrogens is 2. The van der Waals surface area contributed by atoms with Crippen molar-refractivity contribution in [3.05, 3.63) is 41.9 Å². The van der Waals surface area contributed by atoms with E-state index in [4.69, 9.17) is 13.9 Å². The van der Waals surface area contributed by atoms with Crippen LogP contribution in [0.5, 0.6) is 17.5 Å². The van der Waals surface area contributed by atoms with Crippen LogP contribution in [-0.4, -0.2) is 26.9 Å². The van der Waals surface area contributed by atoms with E-state index >= 15 is 0 Å². The van der Waals surface area contributed by atoms with E-state index in [-0.39, 0.29) is 11.8 Å². The molecule has 2 aliphatic rings. The van der Waals surface area contributed by atoms with Crippen LogP contribution in [0.25, 0.3) is 17.0 Å². The molecule has 1 fully saturated rings. The molecule has 7 nitrogen and oxygen atoms in total. The van der Waals surface area contributed by atoms with E-state index in [0.29, 0.717) is 28.3 Å². The highest BCUT2D eigenvalue weighted by Gasteiger charge is 2.59. The van der Waals surface area contributed by atoms with Crippen LogP contribution in [-0.2, 0) is 15.9 Å². The first kappa shape index (κ1) is 16.3. The van der Waals surface area contributed by atoms with Gasteiger partial charge in [0.1, 0.15) is 5.75 Å². The van der Waals surface area contributed by atoms with E-state index in [9.17, 15) is 10.2 Å². The Kier molecular flexibility index (Phi) is 3.05. The second-order valence-corrected chi connectivity index (χ2v) is 7.55. The summed E-state index contributed by atoms with van der Waals surface area (Å²) >= 11 is 0. The summed E-state index contributed by atoms with van der Waals surface area (Å²) in [6.07, 6.45) is 4.57. The molecule has 3 aromatic rings. The van der Waals surface area contributed by atoms with Crippen LogP contribution in [0.15, 0.2) is 35.2 Å². The molecule has 2 atom stereocenters. The van der Waals surface area contributed by atoms with Crippen molar-refractivity contribution in [3.8, 4) is 34.5 Å². The third kappa shape index (κ3) is 1.97. The number of oxazole rings is 1. The highest BCUT2D eigenvalue weighted by atomic mass is 16.5. The second kappa shape index (κ2) is 5.07. The number of hydrogen-bond donors (Lipinski definition) is 2. The highest BCUT2D eigenvalue weighted by molar-refractivity contribution is 5.69. The minimum absolute atomic E-state index is 0.00268. The normalized spacial score (nSPS) is 25.7. The largest absolute Gasteiger partial charge is 0.496 e. The lowest BCUT2D eigenvalue weighted by atomic mass is 9.80. The highest BCUT2D eigenvalue weighted by Crippen LogP contribution is 2.64. The molecule has 5 rings (SSSR count). The number of hydrogen-bond acceptors (Lipinski definition) is 6. The number of nitrogens with zero attached hydrogens (tertiary/aromatic N) is 2. The summed E-state index contributed by atoms with van der Waals surface area (Å²) in [7, 11) is 1.56. The molecular formula is C20H20N2O5. The lowest BCUT2D eigenvalue weighted by molar-refractivity contribution is -0.0683. The number of aromatic hydroxyl groups is 2. The van der Waals surface area contributed by atoms with E-state index < -0.39 is 11.2 Å². The molecule has 0 spiro atoms. The first-order valence-electron chi connectivity index (χ1n) is 8.83. The van der Waals surface area contributed by atoms with Crippen molar-refractivity contribution in [2.45, 2.75) is 37.9 Å². The molecule has 4 heterocycles. The van der Waals surface area contributed by atoms with Crippen molar-refractivity contribution in [2.24, 2.45) is 0 Å². The summed E-state index contributed by atoms with van der Waals surface area (Å²) in [6, 6.07) is 5.36. The lowest BCUT2D eigenvalue weighted by Gasteiger charge is -2.21. The second-order valence-electron chi connectivity index (χ2n) is 7.55. The monoisotopic (exact) mass is 368 g/mol. The summed E-state index contributed by atoms with van der Waals surface area (Å²) in [6.45, 7) is 3.92. The first-order valence-corrected chi connectivity index (χ1v) is 8.83. The van der Waals surface area contributed by atoms with Gasteiger partial charge in [-0.3, -0.25) is 4.57 Å². The topological polar surface area (TPSA) is 89.9 Å². The van der Waals surface area contributed by atoms with E-state index in [1.165, 1.54) is 11.0 Å². The Hall–Kier alpha value is -2.93. The average Bonchev–Trinajstić information content (AvgIpc) is 3.37. The van der Waals surface area contributed by atoms with Crippen LogP contribution in [0.1, 0.15) is 37.8 Å². The number of methoxy groups -OCH3 is 1. The van der Waals surface area contributed by atoms with Crippen molar-refractivity contribution in [3.63, 3.8) is 0 Å². The van der Waals surface area contributed by atoms with Crippen molar-refractivity contribution in [1.82, 2.24) is 9.55 Å². The zero-order valence-electron chi connectivity index (χ0n) is 15.3. The zero-order valence-corrected chi connectivity index (χ0v) is 15.3. The Labute approximate surface area is 155 Å². The molecule has 1 saturated heterocycles. The van der Waals surface area contributed by atoms with Gasteiger partial charge in [-0.25, -0.2) is 4.98 Å². The van der Waals surface area contributed by atoms with E-state index in [2.05, 4.69) is 4.98 Å². The summed E-state index contributed by atoms with van der Waals surface area (Å²) in [5.74, 6) is 1.13. The smallest absolute Gasteiger partial charge is 0.205 e. The number of ether oxygens (including phenoxy) is 2. The molecule has 2 unspecified atom stereocenters. The average molecular weight is 368 g/mol. The van der Waals surface area contributed by atoms with Gasteiger partial charge in [-0.2, -0.15) is 0 Å². The van der Waals surface area contributed by atoms with Crippen LogP contribution in [0.3, 0.4) is 0 Å². The van der Waals surface area contributed by atoms with Gasteiger partial charge in [0, 0.05) is 6.07 Å². The van der Waals surface area contributed by atoms with Gasteiger partial charge in [0.25, 0.3) is 0 Å². The molecule has 0 saturated carbocycles. The molecule has 27 heavy (non-hydrogen) atoms. The summed E-state index contributed by atoms with van der Waals surface area (Å²) in [4.78, 5) is 3.93. The van der Waals surface area contributed by atoms with Crippen molar-refractivity contribution in [2.75, 3.05) is 7.11 Å². The molecule has 140 valence electrons. The first-order chi connectivity index (χ1) is 12.9. The fourth-order valence-corrected chi connectivity index (χ4v) is 4.59. The molecule has 0 amide bonds. The predicted octanol–water partition coefficient (Wildman–Crippen LogP) is 3.81. The van der Waals surface area contributed by atoms with Crippen LogP contribution >= 0.6 is 0 Å². The minimum atomic E-state index is -0.583. The quantitative estimate of drug-likeness (QED) is 0.731. The van der Waals surface area contributed by atoms with Crippen molar-refractivity contribution >= 4 is 0 Å². The molecule has 7 heteroatoms. The molecule has 2 aromatic heterocycles. The summed E-state index contributed by atoms with van der Waals surface area (Å²) in [5.41, 5.74) is 1.51. The number of fused-ring (bicyclic) bond motifs is 5. The van der Waals surface area contributed by atoms with Gasteiger partial charge in [-0.1, -0.05) is 0 Å². The Morgan fingerprint density at radius 1 is 1.11 bits per heavy atom. The predicted molar refractivity (Wildman–Crippen MR) is 96.2 cm³/mol. The Morgan fingerprint density at radius 2 is 1.78 bits per heavy atom. The Balaban J connectivity index is 1.70. The third-order valence-corrected chi connectivity index (χ3v) is 5.85. The third-order valence-electron chi connectivity index (χ3n) is 5.85. The summed E-state index contributed by atoms with van der Waals surface area (Å²) in [5, 5.41) is 21.9. The van der Waals surface area contributed by atoms with E-state index in [1.54, 1.807) is 25.4 Å². The molecule has 2 bridgehead atoms. The van der Waals surface area contributed by atoms with Gasteiger partial charge in [-0.05, 0) is 38.8 Å². The van der Waals surface area contributed by atoms with Gasteiger partial charge in [-0.15, -0.1) is 0 Å². The fourth-order valence-electron chi connectivity index (χ4n) is 4.59. The summed E-state index contributed by atoms with van der Waals surface area (Å²) < 4.78 is 18.4. The maximum absolute atomic E-state index is 11.0. The molecule has 0 aliphatic carbocycles. The van der Waals surface area contributed by atoms with Crippen LogP contribution < -0.4 is 4.74 Å². The SMILES string of the molecule is COc1cc(-n2c(O)c3c(c2O)C2(C)CCC3(C)O2)ccc1-c1cnco1. The fraction of sp³-hybridized carbons (Fsp3) is 0.350. The maximum Gasteiger partial charge on any atom is 0.205 e. The minimum Gasteiger partial charge on any atom is -0.496 e. The van der Waals surface area contributed by atoms with Gasteiger partial charge in [0.05, 0.1) is 46.9 Å². The lowest BCUT2D eigenvalue weighted by Crippen LogP contribution is -2.17. The zero-order chi connectivity index (χ0) is 19.0. The molecule has 0 radical (unpaired) electrons.